The molecule has 1 heterocycles. The van der Waals surface area contributed by atoms with E-state index in [0.717, 1.165) is 25.9 Å². The number of ether oxygens (including phenoxy) is 1. The Morgan fingerprint density at radius 3 is 2.35 bits per heavy atom. The number of thiocarbonyl (C=S) groups is 1. The van der Waals surface area contributed by atoms with Gasteiger partial charge in [-0.1, -0.05) is 0 Å². The minimum absolute atomic E-state index is 0.0690. The van der Waals surface area contributed by atoms with Crippen LogP contribution in [0, 0.1) is 20.2 Å². The maximum atomic E-state index is 12.5. The molecule has 1 aliphatic heterocycles. The van der Waals surface area contributed by atoms with Crippen LogP contribution in [0.25, 0.3) is 0 Å². The first-order chi connectivity index (χ1) is 14.8. The highest BCUT2D eigenvalue weighted by molar-refractivity contribution is 7.80. The number of nitro groups is 2. The lowest BCUT2D eigenvalue weighted by atomic mass is 10.1. The summed E-state index contributed by atoms with van der Waals surface area (Å²) in [5.74, 6) is -0.563. The second-order valence-corrected chi connectivity index (χ2v) is 7.11. The second kappa shape index (κ2) is 9.34. The summed E-state index contributed by atoms with van der Waals surface area (Å²) in [6, 6.07) is 8.38. The SMILES string of the molecule is COc1ccc(NC(=S)NC(=O)c2ccc(N3CCCC3)c([N+](=O)[O-])c2)cc1[N+](=O)[O-]. The molecule has 2 aromatic carbocycles. The van der Waals surface area contributed by atoms with Crippen LogP contribution in [0.3, 0.4) is 0 Å². The first-order valence-corrected chi connectivity index (χ1v) is 9.69. The van der Waals surface area contributed by atoms with Gasteiger partial charge in [0.05, 0.1) is 17.0 Å². The van der Waals surface area contributed by atoms with Crippen molar-refractivity contribution in [3.05, 3.63) is 62.2 Å². The van der Waals surface area contributed by atoms with Crippen LogP contribution in [0.1, 0.15) is 23.2 Å². The summed E-state index contributed by atoms with van der Waals surface area (Å²) in [6.07, 6.45) is 1.92. The molecular weight excluding hydrogens is 426 g/mol. The topological polar surface area (TPSA) is 140 Å². The van der Waals surface area contributed by atoms with Crippen LogP contribution in [-0.4, -0.2) is 41.1 Å². The van der Waals surface area contributed by atoms with Crippen molar-refractivity contribution < 1.29 is 19.4 Å². The number of hydrogen-bond donors (Lipinski definition) is 2. The van der Waals surface area contributed by atoms with Gasteiger partial charge in [0.25, 0.3) is 11.6 Å². The molecule has 1 amide bonds. The minimum Gasteiger partial charge on any atom is -0.490 e. The summed E-state index contributed by atoms with van der Waals surface area (Å²) in [7, 11) is 1.31. The molecule has 2 aromatic rings. The molecule has 0 radical (unpaired) electrons. The van der Waals surface area contributed by atoms with Crippen molar-refractivity contribution >= 4 is 46.0 Å². The molecule has 0 aliphatic carbocycles. The van der Waals surface area contributed by atoms with Gasteiger partial charge in [-0.3, -0.25) is 30.3 Å². The van der Waals surface area contributed by atoms with E-state index in [1.807, 2.05) is 4.90 Å². The number of benzene rings is 2. The summed E-state index contributed by atoms with van der Waals surface area (Å²) in [4.78, 5) is 36.0. The predicted molar refractivity (Wildman–Crippen MR) is 118 cm³/mol. The molecule has 1 fully saturated rings. The van der Waals surface area contributed by atoms with Gasteiger partial charge in [0, 0.05) is 36.5 Å². The number of nitro benzene ring substituents is 2. The molecule has 0 bridgehead atoms. The molecule has 0 atom stereocenters. The van der Waals surface area contributed by atoms with Crippen molar-refractivity contribution in [2.24, 2.45) is 0 Å². The van der Waals surface area contributed by atoms with E-state index >= 15 is 0 Å². The van der Waals surface area contributed by atoms with Gasteiger partial charge in [0.15, 0.2) is 10.9 Å². The maximum Gasteiger partial charge on any atom is 0.312 e. The number of carbonyl (C=O) groups excluding carboxylic acids is 1. The average molecular weight is 445 g/mol. The molecule has 0 spiro atoms. The van der Waals surface area contributed by atoms with E-state index in [1.165, 1.54) is 37.4 Å². The van der Waals surface area contributed by atoms with Crippen LogP contribution < -0.4 is 20.3 Å². The maximum absolute atomic E-state index is 12.5. The third kappa shape index (κ3) is 5.04. The molecule has 162 valence electrons. The van der Waals surface area contributed by atoms with E-state index < -0.39 is 15.8 Å². The number of amides is 1. The van der Waals surface area contributed by atoms with Crippen LogP contribution in [-0.2, 0) is 0 Å². The number of methoxy groups -OCH3 is 1. The minimum atomic E-state index is -0.642. The van der Waals surface area contributed by atoms with Crippen LogP contribution in [0.2, 0.25) is 0 Å². The highest BCUT2D eigenvalue weighted by Gasteiger charge is 2.24. The Morgan fingerprint density at radius 1 is 1.06 bits per heavy atom. The molecule has 1 saturated heterocycles. The van der Waals surface area contributed by atoms with E-state index in [0.29, 0.717) is 5.69 Å². The molecule has 0 saturated carbocycles. The van der Waals surface area contributed by atoms with Gasteiger partial charge in [0.1, 0.15) is 5.69 Å². The van der Waals surface area contributed by atoms with E-state index in [4.69, 9.17) is 17.0 Å². The number of anilines is 2. The van der Waals surface area contributed by atoms with Crippen molar-refractivity contribution in [1.82, 2.24) is 5.32 Å². The second-order valence-electron chi connectivity index (χ2n) is 6.71. The van der Waals surface area contributed by atoms with Gasteiger partial charge < -0.3 is 15.0 Å². The monoisotopic (exact) mass is 445 g/mol. The summed E-state index contributed by atoms with van der Waals surface area (Å²) in [5, 5.41) is 27.6. The van der Waals surface area contributed by atoms with E-state index in [1.54, 1.807) is 6.07 Å². The third-order valence-corrected chi connectivity index (χ3v) is 4.95. The Balaban J connectivity index is 1.73. The number of carbonyl (C=O) groups is 1. The van der Waals surface area contributed by atoms with Crippen LogP contribution >= 0.6 is 12.2 Å². The molecule has 3 rings (SSSR count). The Bertz CT molecular complexity index is 1050. The van der Waals surface area contributed by atoms with Gasteiger partial charge in [-0.2, -0.15) is 0 Å². The number of rotatable bonds is 6. The first-order valence-electron chi connectivity index (χ1n) is 9.28. The Kier molecular flexibility index (Phi) is 6.60. The number of nitrogens with zero attached hydrogens (tertiary/aromatic N) is 3. The average Bonchev–Trinajstić information content (AvgIpc) is 3.27. The fourth-order valence-corrected chi connectivity index (χ4v) is 3.49. The quantitative estimate of drug-likeness (QED) is 0.389. The highest BCUT2D eigenvalue weighted by Crippen LogP contribution is 2.32. The van der Waals surface area contributed by atoms with Gasteiger partial charge in [0.2, 0.25) is 0 Å². The van der Waals surface area contributed by atoms with E-state index in [-0.39, 0.29) is 33.5 Å². The Hall–Kier alpha value is -3.80. The van der Waals surface area contributed by atoms with Crippen LogP contribution in [0.15, 0.2) is 36.4 Å². The van der Waals surface area contributed by atoms with Crippen LogP contribution in [0.5, 0.6) is 5.75 Å². The molecule has 11 nitrogen and oxygen atoms in total. The lowest BCUT2D eigenvalue weighted by Gasteiger charge is -2.18. The van der Waals surface area contributed by atoms with Crippen molar-refractivity contribution in [2.45, 2.75) is 12.8 Å². The zero-order valence-corrected chi connectivity index (χ0v) is 17.3. The molecule has 0 aromatic heterocycles. The van der Waals surface area contributed by atoms with Gasteiger partial charge in [-0.05, 0) is 49.3 Å². The van der Waals surface area contributed by atoms with Crippen molar-refractivity contribution in [1.29, 1.82) is 0 Å². The summed E-state index contributed by atoms with van der Waals surface area (Å²) in [5.41, 5.74) is 0.395. The van der Waals surface area contributed by atoms with Crippen molar-refractivity contribution in [3.8, 4) is 5.75 Å². The summed E-state index contributed by atoms with van der Waals surface area (Å²) >= 11 is 5.09. The fourth-order valence-electron chi connectivity index (χ4n) is 3.28. The normalized spacial score (nSPS) is 12.9. The number of hydrogen-bond acceptors (Lipinski definition) is 8. The van der Waals surface area contributed by atoms with E-state index in [9.17, 15) is 25.0 Å². The van der Waals surface area contributed by atoms with Gasteiger partial charge in [-0.25, -0.2) is 0 Å². The molecule has 31 heavy (non-hydrogen) atoms. The predicted octanol–water partition coefficient (Wildman–Crippen LogP) is 3.24. The smallest absolute Gasteiger partial charge is 0.312 e. The number of nitrogens with one attached hydrogen (secondary N) is 2. The zero-order valence-electron chi connectivity index (χ0n) is 16.5. The Morgan fingerprint density at radius 2 is 1.74 bits per heavy atom. The van der Waals surface area contributed by atoms with E-state index in [2.05, 4.69) is 10.6 Å². The first kappa shape index (κ1) is 21.9. The standard InChI is InChI=1S/C19H19N5O6S/c1-30-17-7-5-13(11-16(17)24(28)29)20-19(31)21-18(25)12-4-6-14(15(10-12)23(26)27)22-8-2-3-9-22/h4-7,10-11H,2-3,8-9H2,1H3,(H2,20,21,25,31). The molecule has 2 N–H and O–H groups in total. The molecular formula is C19H19N5O6S. The fraction of sp³-hybridized carbons (Fsp3) is 0.263. The lowest BCUT2D eigenvalue weighted by molar-refractivity contribution is -0.385. The van der Waals surface area contributed by atoms with Gasteiger partial charge in [-0.15, -0.1) is 0 Å². The highest BCUT2D eigenvalue weighted by atomic mass is 32.1. The zero-order chi connectivity index (χ0) is 22.5. The largest absolute Gasteiger partial charge is 0.490 e. The van der Waals surface area contributed by atoms with Gasteiger partial charge >= 0.3 is 5.69 Å². The van der Waals surface area contributed by atoms with Crippen LogP contribution in [0.4, 0.5) is 22.7 Å². The summed E-state index contributed by atoms with van der Waals surface area (Å²) in [6.45, 7) is 1.46. The third-order valence-electron chi connectivity index (χ3n) is 4.74. The molecule has 1 aliphatic rings. The molecule has 0 unspecified atom stereocenters. The molecule has 12 heteroatoms. The summed E-state index contributed by atoms with van der Waals surface area (Å²) < 4.78 is 4.94. The van der Waals surface area contributed by atoms with Crippen molar-refractivity contribution in [2.75, 3.05) is 30.4 Å². The van der Waals surface area contributed by atoms with Crippen molar-refractivity contribution in [3.63, 3.8) is 0 Å². The lowest BCUT2D eigenvalue weighted by Crippen LogP contribution is -2.34. The Labute approximate surface area is 182 Å².